The number of nitrogens with zero attached hydrogens (tertiary/aromatic N) is 1. The van der Waals surface area contributed by atoms with Crippen molar-refractivity contribution in [2.24, 2.45) is 0 Å². The Balaban J connectivity index is 2.47. The number of benzene rings is 1. The number of aldehydes is 1. The fourth-order valence-electron chi connectivity index (χ4n) is 2.40. The van der Waals surface area contributed by atoms with Gasteiger partial charge in [-0.3, -0.25) is 4.79 Å². The molecule has 0 aliphatic rings. The molecule has 0 saturated heterocycles. The Morgan fingerprint density at radius 2 is 1.82 bits per heavy atom. The molecule has 1 atom stereocenters. The summed E-state index contributed by atoms with van der Waals surface area (Å²) in [6.45, 7) is 6.19. The summed E-state index contributed by atoms with van der Waals surface area (Å²) in [5.74, 6) is 0. The predicted molar refractivity (Wildman–Crippen MR) is 69.5 cm³/mol. The molecule has 1 aromatic heterocycles. The summed E-state index contributed by atoms with van der Waals surface area (Å²) in [4.78, 5) is 10.9. The first-order chi connectivity index (χ1) is 8.15. The molecule has 0 aliphatic carbocycles. The summed E-state index contributed by atoms with van der Waals surface area (Å²) in [5, 5.41) is 0. The van der Waals surface area contributed by atoms with Gasteiger partial charge >= 0.3 is 0 Å². The highest BCUT2D eigenvalue weighted by atomic mass is 16.1. The van der Waals surface area contributed by atoms with Gasteiger partial charge in [0.05, 0.1) is 6.04 Å². The van der Waals surface area contributed by atoms with Crippen LogP contribution in [0.3, 0.4) is 0 Å². The van der Waals surface area contributed by atoms with Gasteiger partial charge in [0.15, 0.2) is 6.29 Å². The first-order valence-electron chi connectivity index (χ1n) is 5.83. The van der Waals surface area contributed by atoms with Crippen LogP contribution >= 0.6 is 0 Å². The summed E-state index contributed by atoms with van der Waals surface area (Å²) >= 11 is 0. The second-order valence-electron chi connectivity index (χ2n) is 4.40. The van der Waals surface area contributed by atoms with E-state index < -0.39 is 0 Å². The van der Waals surface area contributed by atoms with E-state index in [1.165, 1.54) is 5.56 Å². The Kier molecular flexibility index (Phi) is 3.14. The molecule has 0 saturated carbocycles. The van der Waals surface area contributed by atoms with Gasteiger partial charge in [0.1, 0.15) is 0 Å². The lowest BCUT2D eigenvalue weighted by Gasteiger charge is -2.19. The second-order valence-corrected chi connectivity index (χ2v) is 4.40. The number of carbonyl (C=O) groups excluding carboxylic acids is 1. The predicted octanol–water partition coefficient (Wildman–Crippen LogP) is 3.53. The van der Waals surface area contributed by atoms with Gasteiger partial charge in [-0.15, -0.1) is 0 Å². The Bertz CT molecular complexity index is 525. The van der Waals surface area contributed by atoms with E-state index in [0.717, 1.165) is 23.2 Å². The molecule has 2 nitrogen and oxygen atoms in total. The molecule has 88 valence electrons. The van der Waals surface area contributed by atoms with Crippen LogP contribution in [0.5, 0.6) is 0 Å². The number of rotatable bonds is 3. The van der Waals surface area contributed by atoms with Crippen LogP contribution in [0.1, 0.15) is 40.3 Å². The molecule has 0 amide bonds. The lowest BCUT2D eigenvalue weighted by atomic mass is 10.1. The van der Waals surface area contributed by atoms with Crippen molar-refractivity contribution in [1.82, 2.24) is 4.57 Å². The zero-order chi connectivity index (χ0) is 12.4. The summed E-state index contributed by atoms with van der Waals surface area (Å²) in [5.41, 5.74) is 4.20. The maximum absolute atomic E-state index is 10.9. The van der Waals surface area contributed by atoms with E-state index in [-0.39, 0.29) is 6.04 Å². The number of aryl methyl sites for hydroxylation is 1. The second kappa shape index (κ2) is 4.58. The maximum Gasteiger partial charge on any atom is 0.151 e. The highest BCUT2D eigenvalue weighted by Gasteiger charge is 2.14. The largest absolute Gasteiger partial charge is 0.341 e. The van der Waals surface area contributed by atoms with E-state index in [1.54, 1.807) is 0 Å². The maximum atomic E-state index is 10.9. The standard InChI is InChI=1S/C15H17NO/c1-11-9-15(10-17)13(3)16(11)12(2)14-7-5-4-6-8-14/h4-10,12H,1-3H3/t12-/m1/s1. The van der Waals surface area contributed by atoms with Crippen LogP contribution in [0.2, 0.25) is 0 Å². The number of hydrogen-bond donors (Lipinski definition) is 0. The molecule has 0 bridgehead atoms. The molecule has 0 aliphatic heterocycles. The van der Waals surface area contributed by atoms with Crippen LogP contribution in [0.15, 0.2) is 36.4 Å². The van der Waals surface area contributed by atoms with Crippen LogP contribution in [0, 0.1) is 13.8 Å². The summed E-state index contributed by atoms with van der Waals surface area (Å²) < 4.78 is 2.21. The van der Waals surface area contributed by atoms with Crippen molar-refractivity contribution in [1.29, 1.82) is 0 Å². The van der Waals surface area contributed by atoms with Crippen LogP contribution in [-0.2, 0) is 0 Å². The van der Waals surface area contributed by atoms with E-state index in [1.807, 2.05) is 38.1 Å². The van der Waals surface area contributed by atoms with Crippen LogP contribution < -0.4 is 0 Å². The molecular formula is C15H17NO. The fourth-order valence-corrected chi connectivity index (χ4v) is 2.40. The molecule has 0 fully saturated rings. The number of hydrogen-bond acceptors (Lipinski definition) is 1. The van der Waals surface area contributed by atoms with Gasteiger partial charge in [0, 0.05) is 17.0 Å². The smallest absolute Gasteiger partial charge is 0.151 e. The molecule has 1 heterocycles. The van der Waals surface area contributed by atoms with Gasteiger partial charge in [-0.1, -0.05) is 30.3 Å². The Morgan fingerprint density at radius 1 is 1.18 bits per heavy atom. The van der Waals surface area contributed by atoms with Gasteiger partial charge in [0.2, 0.25) is 0 Å². The van der Waals surface area contributed by atoms with E-state index in [9.17, 15) is 4.79 Å². The Labute approximate surface area is 102 Å². The first kappa shape index (κ1) is 11.6. The molecular weight excluding hydrogens is 210 g/mol. The van der Waals surface area contributed by atoms with Crippen molar-refractivity contribution >= 4 is 6.29 Å². The molecule has 17 heavy (non-hydrogen) atoms. The van der Waals surface area contributed by atoms with Gasteiger partial charge in [-0.25, -0.2) is 0 Å². The lowest BCUT2D eigenvalue weighted by Crippen LogP contribution is -2.10. The van der Waals surface area contributed by atoms with Crippen molar-refractivity contribution in [3.8, 4) is 0 Å². The van der Waals surface area contributed by atoms with Gasteiger partial charge in [-0.05, 0) is 32.4 Å². The molecule has 0 unspecified atom stereocenters. The van der Waals surface area contributed by atoms with Crippen molar-refractivity contribution in [2.75, 3.05) is 0 Å². The highest BCUT2D eigenvalue weighted by Crippen LogP contribution is 2.24. The fraction of sp³-hybridized carbons (Fsp3) is 0.267. The SMILES string of the molecule is Cc1cc(C=O)c(C)n1[C@H](C)c1ccccc1. The Morgan fingerprint density at radius 3 is 2.35 bits per heavy atom. The van der Waals surface area contributed by atoms with E-state index in [0.29, 0.717) is 0 Å². The lowest BCUT2D eigenvalue weighted by molar-refractivity contribution is 0.112. The summed E-state index contributed by atoms with van der Waals surface area (Å²) in [7, 11) is 0. The van der Waals surface area contributed by atoms with E-state index >= 15 is 0 Å². The molecule has 1 aromatic carbocycles. The third kappa shape index (κ3) is 2.03. The van der Waals surface area contributed by atoms with Gasteiger partial charge in [-0.2, -0.15) is 0 Å². The average Bonchev–Trinajstić information content (AvgIpc) is 2.64. The van der Waals surface area contributed by atoms with Crippen molar-refractivity contribution < 1.29 is 4.79 Å². The summed E-state index contributed by atoms with van der Waals surface area (Å²) in [6, 6.07) is 12.5. The van der Waals surface area contributed by atoms with Crippen LogP contribution in [0.25, 0.3) is 0 Å². The van der Waals surface area contributed by atoms with E-state index in [2.05, 4.69) is 23.6 Å². The monoisotopic (exact) mass is 227 g/mol. The zero-order valence-electron chi connectivity index (χ0n) is 10.5. The third-order valence-electron chi connectivity index (χ3n) is 3.32. The van der Waals surface area contributed by atoms with Crippen LogP contribution in [-0.4, -0.2) is 10.9 Å². The third-order valence-corrected chi connectivity index (χ3v) is 3.32. The summed E-state index contributed by atoms with van der Waals surface area (Å²) in [6.07, 6.45) is 0.927. The topological polar surface area (TPSA) is 22.0 Å². The average molecular weight is 227 g/mol. The highest BCUT2D eigenvalue weighted by molar-refractivity contribution is 5.77. The molecule has 2 rings (SSSR count). The molecule has 0 spiro atoms. The minimum Gasteiger partial charge on any atom is -0.341 e. The molecule has 0 N–H and O–H groups in total. The number of carbonyl (C=O) groups is 1. The van der Waals surface area contributed by atoms with Crippen molar-refractivity contribution in [2.45, 2.75) is 26.8 Å². The van der Waals surface area contributed by atoms with Gasteiger partial charge < -0.3 is 4.57 Å². The van der Waals surface area contributed by atoms with E-state index in [4.69, 9.17) is 0 Å². The zero-order valence-corrected chi connectivity index (χ0v) is 10.5. The Hall–Kier alpha value is -1.83. The van der Waals surface area contributed by atoms with Gasteiger partial charge in [0.25, 0.3) is 0 Å². The quantitative estimate of drug-likeness (QED) is 0.735. The molecule has 2 heteroatoms. The first-order valence-corrected chi connectivity index (χ1v) is 5.83. The molecule has 2 aromatic rings. The van der Waals surface area contributed by atoms with Crippen LogP contribution in [0.4, 0.5) is 0 Å². The number of aromatic nitrogens is 1. The minimum absolute atomic E-state index is 0.255. The molecule has 0 radical (unpaired) electrons. The minimum atomic E-state index is 0.255. The van der Waals surface area contributed by atoms with Crippen molar-refractivity contribution in [3.05, 3.63) is 58.9 Å². The van der Waals surface area contributed by atoms with Crippen molar-refractivity contribution in [3.63, 3.8) is 0 Å². The normalized spacial score (nSPS) is 12.4.